The van der Waals surface area contributed by atoms with E-state index in [-0.39, 0.29) is 15.8 Å². The Morgan fingerprint density at radius 3 is 2.40 bits per heavy atom. The molecule has 112 valence electrons. The van der Waals surface area contributed by atoms with Crippen molar-refractivity contribution in [3.8, 4) is 0 Å². The Bertz CT molecular complexity index is 581. The molecule has 0 heterocycles. The molecule has 1 aromatic carbocycles. The Balaban J connectivity index is 2.14. The summed E-state index contributed by atoms with van der Waals surface area (Å²) in [6.07, 6.45) is 3.80. The number of nitrogens with two attached hydrogens (primary N) is 1. The van der Waals surface area contributed by atoms with Crippen LogP contribution in [-0.2, 0) is 9.84 Å². The molecular weight excluding hydrogens is 304 g/mol. The molecule has 2 rings (SSSR count). The predicted octanol–water partition coefficient (Wildman–Crippen LogP) is 2.99. The maximum Gasteiger partial charge on any atom is 0.150 e. The molecular formula is C13H17F2NO2S2. The summed E-state index contributed by atoms with van der Waals surface area (Å²) in [5.74, 6) is -1.37. The van der Waals surface area contributed by atoms with Crippen LogP contribution in [0, 0.1) is 11.6 Å². The minimum Gasteiger partial charge on any atom is -0.399 e. The van der Waals surface area contributed by atoms with Crippen molar-refractivity contribution >= 4 is 27.3 Å². The van der Waals surface area contributed by atoms with Crippen LogP contribution in [0.1, 0.15) is 25.7 Å². The second-order valence-corrected chi connectivity index (χ2v) is 8.81. The highest BCUT2D eigenvalue weighted by Crippen LogP contribution is 2.38. The summed E-state index contributed by atoms with van der Waals surface area (Å²) in [7, 11) is -3.10. The smallest absolute Gasteiger partial charge is 0.150 e. The van der Waals surface area contributed by atoms with Gasteiger partial charge in [-0.2, -0.15) is 0 Å². The summed E-state index contributed by atoms with van der Waals surface area (Å²) < 4.78 is 50.7. The molecule has 0 radical (unpaired) electrons. The van der Waals surface area contributed by atoms with E-state index in [1.807, 2.05) is 0 Å². The molecule has 1 saturated carbocycles. The highest BCUT2D eigenvalue weighted by molar-refractivity contribution is 8.00. The number of thioether (sulfide) groups is 1. The zero-order valence-electron chi connectivity index (χ0n) is 11.1. The lowest BCUT2D eigenvalue weighted by Gasteiger charge is -2.27. The Morgan fingerprint density at radius 1 is 1.25 bits per heavy atom. The van der Waals surface area contributed by atoms with Crippen molar-refractivity contribution in [2.75, 3.05) is 12.0 Å². The third-order valence-corrected chi connectivity index (χ3v) is 6.51. The molecule has 0 aliphatic heterocycles. The number of rotatable bonds is 3. The molecule has 2 unspecified atom stereocenters. The molecule has 7 heteroatoms. The fourth-order valence-corrected chi connectivity index (χ4v) is 5.04. The fraction of sp³-hybridized carbons (Fsp3) is 0.538. The lowest BCUT2D eigenvalue weighted by Crippen LogP contribution is -2.28. The first-order chi connectivity index (χ1) is 9.27. The largest absolute Gasteiger partial charge is 0.399 e. The monoisotopic (exact) mass is 321 g/mol. The minimum absolute atomic E-state index is 0.0435. The molecule has 1 aromatic rings. The number of sulfone groups is 1. The Kier molecular flexibility index (Phi) is 4.59. The summed E-state index contributed by atoms with van der Waals surface area (Å²) in [6.45, 7) is 0. The lowest BCUT2D eigenvalue weighted by molar-refractivity contribution is 0.492. The van der Waals surface area contributed by atoms with Gasteiger partial charge in [0, 0.05) is 17.2 Å². The van der Waals surface area contributed by atoms with Gasteiger partial charge in [-0.25, -0.2) is 17.2 Å². The fourth-order valence-electron chi connectivity index (χ4n) is 2.46. The summed E-state index contributed by atoms with van der Waals surface area (Å²) >= 11 is 1.08. The number of nitrogen functional groups attached to an aromatic ring is 1. The van der Waals surface area contributed by atoms with Crippen LogP contribution in [-0.4, -0.2) is 25.2 Å². The van der Waals surface area contributed by atoms with Crippen molar-refractivity contribution in [2.45, 2.75) is 41.1 Å². The molecule has 0 bridgehead atoms. The minimum atomic E-state index is -3.10. The number of halogens is 2. The van der Waals surface area contributed by atoms with E-state index < -0.39 is 26.7 Å². The van der Waals surface area contributed by atoms with Crippen LogP contribution in [0.25, 0.3) is 0 Å². The maximum atomic E-state index is 13.7. The maximum absolute atomic E-state index is 13.7. The van der Waals surface area contributed by atoms with Crippen molar-refractivity contribution < 1.29 is 17.2 Å². The molecule has 2 atom stereocenters. The molecule has 0 spiro atoms. The molecule has 20 heavy (non-hydrogen) atoms. The van der Waals surface area contributed by atoms with E-state index in [2.05, 4.69) is 0 Å². The van der Waals surface area contributed by atoms with E-state index >= 15 is 0 Å². The molecule has 1 fully saturated rings. The Morgan fingerprint density at radius 2 is 1.85 bits per heavy atom. The topological polar surface area (TPSA) is 60.2 Å². The van der Waals surface area contributed by atoms with Crippen LogP contribution in [0.5, 0.6) is 0 Å². The Labute approximate surface area is 121 Å². The van der Waals surface area contributed by atoms with Gasteiger partial charge >= 0.3 is 0 Å². The van der Waals surface area contributed by atoms with Gasteiger partial charge in [0.2, 0.25) is 0 Å². The van der Waals surface area contributed by atoms with Gasteiger partial charge in [-0.3, -0.25) is 0 Å². The molecule has 0 saturated heterocycles. The molecule has 1 aliphatic carbocycles. The number of anilines is 1. The van der Waals surface area contributed by atoms with Crippen molar-refractivity contribution in [3.63, 3.8) is 0 Å². The standard InChI is InChI=1S/C13H17F2NO2S2/c1-20(17,18)10-4-2-3-9(7-10)19-13-11(14)5-8(16)6-12(13)15/h5-6,9-10H,2-4,7,16H2,1H3. The molecule has 0 amide bonds. The normalized spacial score (nSPS) is 23.8. The van der Waals surface area contributed by atoms with Crippen molar-refractivity contribution in [1.82, 2.24) is 0 Å². The second kappa shape index (κ2) is 5.89. The second-order valence-electron chi connectivity index (χ2n) is 5.17. The van der Waals surface area contributed by atoms with Crippen molar-refractivity contribution in [3.05, 3.63) is 23.8 Å². The van der Waals surface area contributed by atoms with E-state index in [9.17, 15) is 17.2 Å². The van der Waals surface area contributed by atoms with E-state index in [4.69, 9.17) is 5.73 Å². The van der Waals surface area contributed by atoms with Gasteiger partial charge in [0.15, 0.2) is 0 Å². The van der Waals surface area contributed by atoms with E-state index in [0.717, 1.165) is 36.7 Å². The summed E-state index contributed by atoms with van der Waals surface area (Å²) in [4.78, 5) is -0.0710. The van der Waals surface area contributed by atoms with Crippen molar-refractivity contribution in [2.24, 2.45) is 0 Å². The van der Waals surface area contributed by atoms with Crippen LogP contribution in [0.3, 0.4) is 0 Å². The first-order valence-electron chi connectivity index (χ1n) is 6.37. The van der Waals surface area contributed by atoms with Gasteiger partial charge in [-0.05, 0) is 31.4 Å². The molecule has 1 aliphatic rings. The first-order valence-corrected chi connectivity index (χ1v) is 9.21. The van der Waals surface area contributed by atoms with E-state index in [1.54, 1.807) is 0 Å². The van der Waals surface area contributed by atoms with Crippen LogP contribution in [0.15, 0.2) is 17.0 Å². The SMILES string of the molecule is CS(=O)(=O)C1CCCC(Sc2c(F)cc(N)cc2F)C1. The zero-order valence-corrected chi connectivity index (χ0v) is 12.7. The number of hydrogen-bond acceptors (Lipinski definition) is 4. The van der Waals surface area contributed by atoms with Gasteiger partial charge in [-0.1, -0.05) is 6.42 Å². The van der Waals surface area contributed by atoms with Gasteiger partial charge in [0.25, 0.3) is 0 Å². The third-order valence-electron chi connectivity index (χ3n) is 3.49. The van der Waals surface area contributed by atoms with Gasteiger partial charge < -0.3 is 5.73 Å². The lowest BCUT2D eigenvalue weighted by atomic mass is 10.00. The van der Waals surface area contributed by atoms with Crippen LogP contribution in [0.2, 0.25) is 0 Å². The number of hydrogen-bond donors (Lipinski definition) is 1. The summed E-state index contributed by atoms with van der Waals surface area (Å²) in [6, 6.07) is 2.17. The van der Waals surface area contributed by atoms with Gasteiger partial charge in [-0.15, -0.1) is 11.8 Å². The third kappa shape index (κ3) is 3.63. The van der Waals surface area contributed by atoms with Crippen LogP contribution in [0.4, 0.5) is 14.5 Å². The van der Waals surface area contributed by atoms with Crippen LogP contribution >= 0.6 is 11.8 Å². The highest BCUT2D eigenvalue weighted by atomic mass is 32.2. The van der Waals surface area contributed by atoms with E-state index in [1.165, 1.54) is 6.26 Å². The first kappa shape index (κ1) is 15.6. The van der Waals surface area contributed by atoms with Gasteiger partial charge in [0.05, 0.1) is 10.1 Å². The summed E-state index contributed by atoms with van der Waals surface area (Å²) in [5, 5.41) is -0.496. The molecule has 2 N–H and O–H groups in total. The summed E-state index contributed by atoms with van der Waals surface area (Å²) in [5.41, 5.74) is 5.42. The molecule has 3 nitrogen and oxygen atoms in total. The van der Waals surface area contributed by atoms with Gasteiger partial charge in [0.1, 0.15) is 21.5 Å². The Hall–Kier alpha value is -0.820. The zero-order chi connectivity index (χ0) is 14.9. The highest BCUT2D eigenvalue weighted by Gasteiger charge is 2.30. The quantitative estimate of drug-likeness (QED) is 0.870. The van der Waals surface area contributed by atoms with Crippen LogP contribution < -0.4 is 5.73 Å². The average molecular weight is 321 g/mol. The average Bonchev–Trinajstić information content (AvgIpc) is 2.33. The van der Waals surface area contributed by atoms with Crippen molar-refractivity contribution in [1.29, 1.82) is 0 Å². The molecule has 0 aromatic heterocycles. The predicted molar refractivity (Wildman–Crippen MR) is 77.5 cm³/mol. The van der Waals surface area contributed by atoms with E-state index in [0.29, 0.717) is 12.8 Å². The number of benzene rings is 1.